The molecule has 0 aromatic carbocycles. The van der Waals surface area contributed by atoms with Gasteiger partial charge in [-0.25, -0.2) is 8.42 Å². The number of aliphatic hydroxyl groups excluding tert-OH is 1. The van der Waals surface area contributed by atoms with Crippen molar-refractivity contribution in [1.29, 1.82) is 0 Å². The number of hydrogen-bond donors (Lipinski definition) is 2. The minimum atomic E-state index is -3.73. The van der Waals surface area contributed by atoms with Gasteiger partial charge in [0.25, 0.3) is 10.0 Å². The fourth-order valence-corrected chi connectivity index (χ4v) is 2.46. The fourth-order valence-electron chi connectivity index (χ4n) is 1.41. The maximum Gasteiger partial charge on any atom is 0.263 e. The summed E-state index contributed by atoms with van der Waals surface area (Å²) in [5.74, 6) is 5.04. The first-order valence-corrected chi connectivity index (χ1v) is 7.08. The molecule has 20 heavy (non-hydrogen) atoms. The van der Waals surface area contributed by atoms with Gasteiger partial charge in [0, 0.05) is 30.4 Å². The molecule has 2 aromatic rings. The van der Waals surface area contributed by atoms with Crippen molar-refractivity contribution >= 4 is 15.7 Å². The largest absolute Gasteiger partial charge is 0.384 e. The minimum absolute atomic E-state index is 0.000878. The van der Waals surface area contributed by atoms with Crippen LogP contribution in [0.1, 0.15) is 5.56 Å². The number of aliphatic hydroxyl groups is 1. The maximum atomic E-state index is 12.2. The number of nitrogens with one attached hydrogen (secondary N) is 1. The third-order valence-corrected chi connectivity index (χ3v) is 3.62. The number of anilines is 1. The topological polar surface area (TPSA) is 92.2 Å². The van der Waals surface area contributed by atoms with Gasteiger partial charge in [-0.05, 0) is 18.2 Å². The van der Waals surface area contributed by atoms with Gasteiger partial charge in [-0.3, -0.25) is 14.7 Å². The molecule has 0 unspecified atom stereocenters. The van der Waals surface area contributed by atoms with Crippen LogP contribution in [-0.4, -0.2) is 30.1 Å². The standard InChI is InChI=1S/C13H11N3O3S/c17-7-1-2-11-8-13(10-15-9-11)20(18,19)16-12-3-5-14-6-4-12/h3-6,8-10,17H,7H2,(H,14,16). The first-order chi connectivity index (χ1) is 9.62. The summed E-state index contributed by atoms with van der Waals surface area (Å²) in [7, 11) is -3.73. The van der Waals surface area contributed by atoms with Gasteiger partial charge in [0.2, 0.25) is 0 Å². The van der Waals surface area contributed by atoms with E-state index in [0.717, 1.165) is 0 Å². The first-order valence-electron chi connectivity index (χ1n) is 5.59. The van der Waals surface area contributed by atoms with Crippen LogP contribution in [0.4, 0.5) is 5.69 Å². The summed E-state index contributed by atoms with van der Waals surface area (Å²) in [5, 5.41) is 8.62. The Kier molecular flexibility index (Phi) is 4.30. The van der Waals surface area contributed by atoms with Crippen molar-refractivity contribution in [3.8, 4) is 11.8 Å². The molecule has 2 rings (SSSR count). The molecule has 2 heterocycles. The van der Waals surface area contributed by atoms with E-state index in [1.807, 2.05) is 0 Å². The molecule has 6 nitrogen and oxygen atoms in total. The van der Waals surface area contributed by atoms with E-state index in [1.165, 1.54) is 30.9 Å². The van der Waals surface area contributed by atoms with Gasteiger partial charge < -0.3 is 5.11 Å². The highest BCUT2D eigenvalue weighted by Gasteiger charge is 2.14. The Labute approximate surface area is 116 Å². The lowest BCUT2D eigenvalue weighted by Gasteiger charge is -2.07. The number of hydrogen-bond acceptors (Lipinski definition) is 5. The second-order valence-electron chi connectivity index (χ2n) is 3.71. The summed E-state index contributed by atoms with van der Waals surface area (Å²) < 4.78 is 26.7. The number of aromatic nitrogens is 2. The van der Waals surface area contributed by atoms with Crippen LogP contribution in [0.25, 0.3) is 0 Å². The van der Waals surface area contributed by atoms with E-state index < -0.39 is 10.0 Å². The lowest BCUT2D eigenvalue weighted by Crippen LogP contribution is -2.13. The van der Waals surface area contributed by atoms with Crippen molar-refractivity contribution in [3.63, 3.8) is 0 Å². The monoisotopic (exact) mass is 289 g/mol. The van der Waals surface area contributed by atoms with Crippen molar-refractivity contribution in [1.82, 2.24) is 9.97 Å². The summed E-state index contributed by atoms with van der Waals surface area (Å²) >= 11 is 0. The van der Waals surface area contributed by atoms with E-state index >= 15 is 0 Å². The zero-order valence-corrected chi connectivity index (χ0v) is 11.1. The summed E-state index contributed by atoms with van der Waals surface area (Å²) in [6.45, 7) is -0.299. The average molecular weight is 289 g/mol. The van der Waals surface area contributed by atoms with Crippen molar-refractivity contribution in [2.75, 3.05) is 11.3 Å². The lowest BCUT2D eigenvalue weighted by atomic mass is 10.3. The number of sulfonamides is 1. The second kappa shape index (κ2) is 6.14. The van der Waals surface area contributed by atoms with Gasteiger partial charge in [-0.2, -0.15) is 0 Å². The van der Waals surface area contributed by atoms with Crippen molar-refractivity contribution in [2.24, 2.45) is 0 Å². The molecule has 7 heteroatoms. The molecule has 0 aliphatic heterocycles. The highest BCUT2D eigenvalue weighted by molar-refractivity contribution is 7.92. The zero-order valence-electron chi connectivity index (χ0n) is 10.3. The molecule has 2 N–H and O–H groups in total. The van der Waals surface area contributed by atoms with Crippen LogP contribution in [0.5, 0.6) is 0 Å². The van der Waals surface area contributed by atoms with Crippen LogP contribution in [-0.2, 0) is 10.0 Å². The van der Waals surface area contributed by atoms with Crippen LogP contribution in [0.15, 0.2) is 47.9 Å². The Morgan fingerprint density at radius 1 is 1.20 bits per heavy atom. The van der Waals surface area contributed by atoms with E-state index in [4.69, 9.17) is 5.11 Å². The molecule has 0 amide bonds. The predicted octanol–water partition coefficient (Wildman–Crippen LogP) is 0.621. The van der Waals surface area contributed by atoms with Crippen LogP contribution < -0.4 is 4.72 Å². The molecule has 0 fully saturated rings. The molecule has 0 aliphatic rings. The van der Waals surface area contributed by atoms with E-state index in [2.05, 4.69) is 26.5 Å². The van der Waals surface area contributed by atoms with Crippen LogP contribution in [0.2, 0.25) is 0 Å². The molecule has 2 aromatic heterocycles. The van der Waals surface area contributed by atoms with Gasteiger partial charge in [-0.1, -0.05) is 11.8 Å². The van der Waals surface area contributed by atoms with Gasteiger partial charge in [0.05, 0.1) is 5.69 Å². The summed E-state index contributed by atoms with van der Waals surface area (Å²) in [6.07, 6.45) is 5.63. The molecule has 0 atom stereocenters. The molecule has 0 saturated heterocycles. The Balaban J connectivity index is 2.30. The van der Waals surface area contributed by atoms with Crippen molar-refractivity contribution < 1.29 is 13.5 Å². The molecule has 0 saturated carbocycles. The maximum absolute atomic E-state index is 12.2. The Morgan fingerprint density at radius 3 is 2.65 bits per heavy atom. The average Bonchev–Trinajstić information content (AvgIpc) is 2.46. The Hall–Kier alpha value is -2.43. The molecule has 102 valence electrons. The normalized spacial score (nSPS) is 10.4. The van der Waals surface area contributed by atoms with Crippen LogP contribution in [0.3, 0.4) is 0 Å². The molecule has 0 radical (unpaired) electrons. The number of nitrogens with zero attached hydrogens (tertiary/aromatic N) is 2. The summed E-state index contributed by atoms with van der Waals surface area (Å²) in [4.78, 5) is 7.64. The van der Waals surface area contributed by atoms with Crippen LogP contribution >= 0.6 is 0 Å². The highest BCUT2D eigenvalue weighted by Crippen LogP contribution is 2.15. The Morgan fingerprint density at radius 2 is 1.95 bits per heavy atom. The van der Waals surface area contributed by atoms with Crippen LogP contribution in [0, 0.1) is 11.8 Å². The third-order valence-electron chi connectivity index (χ3n) is 2.27. The van der Waals surface area contributed by atoms with Crippen molar-refractivity contribution in [3.05, 3.63) is 48.5 Å². The third kappa shape index (κ3) is 3.54. The van der Waals surface area contributed by atoms with Gasteiger partial charge >= 0.3 is 0 Å². The van der Waals surface area contributed by atoms with Gasteiger partial charge in [0.15, 0.2) is 0 Å². The minimum Gasteiger partial charge on any atom is -0.384 e. The quantitative estimate of drug-likeness (QED) is 0.808. The van der Waals surface area contributed by atoms with E-state index in [9.17, 15) is 8.42 Å². The zero-order chi connectivity index (χ0) is 14.4. The summed E-state index contributed by atoms with van der Waals surface area (Å²) in [6, 6.07) is 4.47. The molecule has 0 spiro atoms. The summed E-state index contributed by atoms with van der Waals surface area (Å²) in [5.41, 5.74) is 0.823. The number of rotatable bonds is 3. The smallest absolute Gasteiger partial charge is 0.263 e. The van der Waals surface area contributed by atoms with E-state index in [0.29, 0.717) is 11.3 Å². The fraction of sp³-hybridized carbons (Fsp3) is 0.0769. The Bertz CT molecular complexity index is 749. The predicted molar refractivity (Wildman–Crippen MR) is 73.2 cm³/mol. The van der Waals surface area contributed by atoms with Crippen molar-refractivity contribution in [2.45, 2.75) is 4.90 Å². The molecule has 0 bridgehead atoms. The SMILES string of the molecule is O=S(=O)(Nc1ccncc1)c1cncc(C#CCO)c1. The van der Waals surface area contributed by atoms with Gasteiger partial charge in [0.1, 0.15) is 11.5 Å². The number of pyridine rings is 2. The first kappa shape index (κ1) is 14.0. The highest BCUT2D eigenvalue weighted by atomic mass is 32.2. The van der Waals surface area contributed by atoms with E-state index in [-0.39, 0.29) is 11.5 Å². The molecule has 0 aliphatic carbocycles. The molecular formula is C13H11N3O3S. The van der Waals surface area contributed by atoms with E-state index in [1.54, 1.807) is 12.1 Å². The molecular weight excluding hydrogens is 278 g/mol. The van der Waals surface area contributed by atoms with Gasteiger partial charge in [-0.15, -0.1) is 0 Å². The lowest BCUT2D eigenvalue weighted by molar-refractivity contribution is 0.350. The second-order valence-corrected chi connectivity index (χ2v) is 5.39.